The molecule has 1 fully saturated rings. The van der Waals surface area contributed by atoms with Crippen LogP contribution in [0.3, 0.4) is 0 Å². The number of rotatable bonds is 4. The molecule has 3 atom stereocenters. The highest BCUT2D eigenvalue weighted by atomic mass is 15.1. The Kier molecular flexibility index (Phi) is 4.21. The normalized spacial score (nSPS) is 29.8. The Balaban J connectivity index is 2.10. The molecule has 1 heterocycles. The number of likely N-dealkylation sites (N-methyl/N-ethyl adjacent to an activating group) is 1. The molecule has 1 N–H and O–H groups in total. The van der Waals surface area contributed by atoms with Crippen LogP contribution in [-0.4, -0.2) is 22.1 Å². The molecule has 1 aliphatic carbocycles. The van der Waals surface area contributed by atoms with E-state index in [1.807, 2.05) is 12.5 Å². The fourth-order valence-electron chi connectivity index (χ4n) is 3.08. The van der Waals surface area contributed by atoms with Crippen LogP contribution in [0.15, 0.2) is 18.7 Å². The third kappa shape index (κ3) is 2.89. The first-order valence-electron chi connectivity index (χ1n) is 6.93. The largest absolute Gasteiger partial charge is 0.333 e. The van der Waals surface area contributed by atoms with E-state index in [4.69, 9.17) is 0 Å². The van der Waals surface area contributed by atoms with E-state index in [1.54, 1.807) is 0 Å². The minimum Gasteiger partial charge on any atom is -0.333 e. The zero-order chi connectivity index (χ0) is 12.3. The predicted molar refractivity (Wildman–Crippen MR) is 70.9 cm³/mol. The molecule has 3 unspecified atom stereocenters. The van der Waals surface area contributed by atoms with Gasteiger partial charge in [0, 0.05) is 18.4 Å². The van der Waals surface area contributed by atoms with Gasteiger partial charge in [-0.15, -0.1) is 0 Å². The summed E-state index contributed by atoms with van der Waals surface area (Å²) in [6.45, 7) is 7.95. The fourth-order valence-corrected chi connectivity index (χ4v) is 3.08. The summed E-state index contributed by atoms with van der Waals surface area (Å²) in [5.41, 5.74) is 0. The zero-order valence-corrected chi connectivity index (χ0v) is 11.3. The third-order valence-corrected chi connectivity index (χ3v) is 4.17. The van der Waals surface area contributed by atoms with Crippen molar-refractivity contribution in [2.24, 2.45) is 11.8 Å². The number of hydrogen-bond acceptors (Lipinski definition) is 2. The predicted octanol–water partition coefficient (Wildman–Crippen LogP) is 2.86. The van der Waals surface area contributed by atoms with E-state index >= 15 is 0 Å². The molecule has 1 saturated carbocycles. The van der Waals surface area contributed by atoms with Crippen molar-refractivity contribution >= 4 is 0 Å². The summed E-state index contributed by atoms with van der Waals surface area (Å²) in [5.74, 6) is 1.65. The monoisotopic (exact) mass is 235 g/mol. The summed E-state index contributed by atoms with van der Waals surface area (Å²) in [5, 5.41) is 3.63. The Morgan fingerprint density at radius 1 is 1.41 bits per heavy atom. The van der Waals surface area contributed by atoms with Gasteiger partial charge in [0.15, 0.2) is 0 Å². The molecule has 1 aliphatic rings. The lowest BCUT2D eigenvalue weighted by molar-refractivity contribution is 0.173. The highest BCUT2D eigenvalue weighted by Crippen LogP contribution is 2.36. The van der Waals surface area contributed by atoms with Crippen molar-refractivity contribution in [2.75, 3.05) is 6.54 Å². The summed E-state index contributed by atoms with van der Waals surface area (Å²) in [7, 11) is 0. The van der Waals surface area contributed by atoms with E-state index in [0.717, 1.165) is 18.4 Å². The molecule has 0 aliphatic heterocycles. The molecule has 1 aromatic rings. The van der Waals surface area contributed by atoms with E-state index < -0.39 is 0 Å². The van der Waals surface area contributed by atoms with E-state index in [9.17, 15) is 0 Å². The second-order valence-electron chi connectivity index (χ2n) is 5.56. The Morgan fingerprint density at radius 3 is 2.82 bits per heavy atom. The maximum absolute atomic E-state index is 4.20. The fraction of sp³-hybridized carbons (Fsp3) is 0.786. The summed E-state index contributed by atoms with van der Waals surface area (Å²) >= 11 is 0. The van der Waals surface area contributed by atoms with Crippen molar-refractivity contribution in [2.45, 2.75) is 52.1 Å². The van der Waals surface area contributed by atoms with Crippen molar-refractivity contribution in [1.82, 2.24) is 14.9 Å². The number of imidazole rings is 1. The Morgan fingerprint density at radius 2 is 2.24 bits per heavy atom. The molecule has 0 amide bonds. The van der Waals surface area contributed by atoms with Gasteiger partial charge in [-0.2, -0.15) is 0 Å². The number of nitrogens with zero attached hydrogens (tertiary/aromatic N) is 2. The summed E-state index contributed by atoms with van der Waals surface area (Å²) < 4.78 is 2.29. The zero-order valence-electron chi connectivity index (χ0n) is 11.3. The summed E-state index contributed by atoms with van der Waals surface area (Å²) in [4.78, 5) is 4.20. The highest BCUT2D eigenvalue weighted by molar-refractivity contribution is 4.92. The average Bonchev–Trinajstić information content (AvgIpc) is 2.83. The van der Waals surface area contributed by atoms with Crippen LogP contribution in [0, 0.1) is 11.8 Å². The quantitative estimate of drug-likeness (QED) is 0.869. The van der Waals surface area contributed by atoms with Crippen molar-refractivity contribution < 1.29 is 0 Å². The standard InChI is InChI=1S/C14H25N3/c1-4-16-13-6-5-12(11(2)3)9-14(13)17-8-7-15-10-17/h7-8,10-14,16H,4-6,9H2,1-3H3. The molecule has 2 rings (SSSR count). The van der Waals surface area contributed by atoms with Crippen LogP contribution < -0.4 is 5.32 Å². The van der Waals surface area contributed by atoms with Gasteiger partial charge in [-0.05, 0) is 37.6 Å². The summed E-state index contributed by atoms with van der Waals surface area (Å²) in [6, 6.07) is 1.20. The molecule has 1 aromatic heterocycles. The van der Waals surface area contributed by atoms with E-state index in [1.165, 1.54) is 19.3 Å². The Labute approximate surface area is 105 Å². The van der Waals surface area contributed by atoms with Crippen molar-refractivity contribution in [3.05, 3.63) is 18.7 Å². The maximum Gasteiger partial charge on any atom is 0.0949 e. The molecule has 3 heteroatoms. The maximum atomic E-state index is 4.20. The van der Waals surface area contributed by atoms with Gasteiger partial charge in [0.05, 0.1) is 12.4 Å². The van der Waals surface area contributed by atoms with E-state index in [-0.39, 0.29) is 0 Å². The lowest BCUT2D eigenvalue weighted by atomic mass is 9.77. The van der Waals surface area contributed by atoms with E-state index in [2.05, 4.69) is 41.8 Å². The van der Waals surface area contributed by atoms with Gasteiger partial charge in [0.25, 0.3) is 0 Å². The molecule has 0 bridgehead atoms. The lowest BCUT2D eigenvalue weighted by Gasteiger charge is -2.38. The second kappa shape index (κ2) is 5.67. The lowest BCUT2D eigenvalue weighted by Crippen LogP contribution is -2.42. The van der Waals surface area contributed by atoms with Crippen LogP contribution in [-0.2, 0) is 0 Å². The SMILES string of the molecule is CCNC1CCC(C(C)C)CC1n1ccnc1. The topological polar surface area (TPSA) is 29.9 Å². The van der Waals surface area contributed by atoms with Gasteiger partial charge >= 0.3 is 0 Å². The highest BCUT2D eigenvalue weighted by Gasteiger charge is 2.32. The number of nitrogens with one attached hydrogen (secondary N) is 1. The van der Waals surface area contributed by atoms with Crippen LogP contribution in [0.4, 0.5) is 0 Å². The second-order valence-corrected chi connectivity index (χ2v) is 5.56. The van der Waals surface area contributed by atoms with Gasteiger partial charge < -0.3 is 9.88 Å². The van der Waals surface area contributed by atoms with E-state index in [0.29, 0.717) is 12.1 Å². The molecular formula is C14H25N3. The number of hydrogen-bond donors (Lipinski definition) is 1. The first-order valence-corrected chi connectivity index (χ1v) is 6.93. The molecule has 0 spiro atoms. The van der Waals surface area contributed by atoms with Gasteiger partial charge in [-0.1, -0.05) is 20.8 Å². The van der Waals surface area contributed by atoms with Gasteiger partial charge in [-0.25, -0.2) is 4.98 Å². The van der Waals surface area contributed by atoms with Crippen molar-refractivity contribution in [3.8, 4) is 0 Å². The van der Waals surface area contributed by atoms with Crippen LogP contribution in [0.5, 0.6) is 0 Å². The van der Waals surface area contributed by atoms with Crippen LogP contribution in [0.1, 0.15) is 46.1 Å². The van der Waals surface area contributed by atoms with Crippen LogP contribution >= 0.6 is 0 Å². The molecule has 96 valence electrons. The average molecular weight is 235 g/mol. The van der Waals surface area contributed by atoms with Gasteiger partial charge in [0.1, 0.15) is 0 Å². The smallest absolute Gasteiger partial charge is 0.0949 e. The van der Waals surface area contributed by atoms with Crippen molar-refractivity contribution in [1.29, 1.82) is 0 Å². The molecule has 17 heavy (non-hydrogen) atoms. The molecule has 3 nitrogen and oxygen atoms in total. The Bertz CT molecular complexity index is 318. The van der Waals surface area contributed by atoms with Gasteiger partial charge in [0.2, 0.25) is 0 Å². The third-order valence-electron chi connectivity index (χ3n) is 4.17. The van der Waals surface area contributed by atoms with Crippen molar-refractivity contribution in [3.63, 3.8) is 0 Å². The van der Waals surface area contributed by atoms with Gasteiger partial charge in [-0.3, -0.25) is 0 Å². The first kappa shape index (κ1) is 12.6. The molecule has 0 aromatic carbocycles. The number of aromatic nitrogens is 2. The minimum absolute atomic E-state index is 0.582. The van der Waals surface area contributed by atoms with Crippen LogP contribution in [0.2, 0.25) is 0 Å². The molecular weight excluding hydrogens is 210 g/mol. The Hall–Kier alpha value is -0.830. The summed E-state index contributed by atoms with van der Waals surface area (Å²) in [6.07, 6.45) is 9.91. The minimum atomic E-state index is 0.582. The molecule has 0 radical (unpaired) electrons. The van der Waals surface area contributed by atoms with Crippen LogP contribution in [0.25, 0.3) is 0 Å². The molecule has 0 saturated heterocycles. The first-order chi connectivity index (χ1) is 8.22.